The van der Waals surface area contributed by atoms with Gasteiger partial charge in [0, 0.05) is 17.6 Å². The number of nitrogens with two attached hydrogens (primary N) is 1. The van der Waals surface area contributed by atoms with Crippen LogP contribution in [0.3, 0.4) is 0 Å². The number of aromatic nitrogens is 3. The summed E-state index contributed by atoms with van der Waals surface area (Å²) < 4.78 is 1.52. The number of pyridine rings is 1. The number of carbonyl (C=O) groups is 1. The molecule has 0 atom stereocenters. The second-order valence-corrected chi connectivity index (χ2v) is 5.06. The van der Waals surface area contributed by atoms with Crippen molar-refractivity contribution in [3.8, 4) is 5.69 Å². The van der Waals surface area contributed by atoms with Crippen LogP contribution in [0.25, 0.3) is 16.6 Å². The van der Waals surface area contributed by atoms with Crippen molar-refractivity contribution in [3.63, 3.8) is 0 Å². The zero-order chi connectivity index (χ0) is 16.8. The fraction of sp³-hybridized carbons (Fsp3) is 0. The number of benzene rings is 2. The van der Waals surface area contributed by atoms with Crippen LogP contribution in [0.1, 0.15) is 10.5 Å². The van der Waals surface area contributed by atoms with Crippen LogP contribution < -0.4 is 5.73 Å². The molecule has 2 aromatic heterocycles. The summed E-state index contributed by atoms with van der Waals surface area (Å²) in [5, 5.41) is 5.21. The molecule has 0 aliphatic carbocycles. The summed E-state index contributed by atoms with van der Waals surface area (Å²) in [5.41, 5.74) is 7.84. The standard InChI is InChI=1S/C10H9N3O.C9H7N/c11-10-6-9(7-14)13(12-10)8-4-2-1-3-5-8;1-2-6-9-8(4-1)5-3-7-10-9/h1-7H,(H2,11,12);1-7H. The Labute approximate surface area is 139 Å². The molecule has 5 heteroatoms. The predicted molar refractivity (Wildman–Crippen MR) is 95.1 cm³/mol. The highest BCUT2D eigenvalue weighted by atomic mass is 16.1. The molecule has 2 N–H and O–H groups in total. The van der Waals surface area contributed by atoms with E-state index in [1.54, 1.807) is 6.07 Å². The number of hydrogen-bond acceptors (Lipinski definition) is 4. The first kappa shape index (κ1) is 15.4. The highest BCUT2D eigenvalue weighted by Crippen LogP contribution is 2.11. The minimum atomic E-state index is 0.343. The normalized spacial score (nSPS) is 10.0. The van der Waals surface area contributed by atoms with E-state index in [1.807, 2.05) is 60.8 Å². The molecule has 0 fully saturated rings. The molecule has 0 radical (unpaired) electrons. The third kappa shape index (κ3) is 3.47. The maximum absolute atomic E-state index is 10.7. The van der Waals surface area contributed by atoms with Gasteiger partial charge in [-0.15, -0.1) is 0 Å². The van der Waals surface area contributed by atoms with Crippen molar-refractivity contribution in [1.82, 2.24) is 14.8 Å². The van der Waals surface area contributed by atoms with Gasteiger partial charge in [-0.1, -0.05) is 42.5 Å². The summed E-state index contributed by atoms with van der Waals surface area (Å²) in [7, 11) is 0. The Hall–Kier alpha value is -3.47. The van der Waals surface area contributed by atoms with Crippen LogP contribution in [-0.4, -0.2) is 21.1 Å². The number of hydrogen-bond donors (Lipinski definition) is 1. The molecular weight excluding hydrogens is 300 g/mol. The van der Waals surface area contributed by atoms with Gasteiger partial charge in [0.15, 0.2) is 6.29 Å². The Kier molecular flexibility index (Phi) is 4.62. The lowest BCUT2D eigenvalue weighted by Crippen LogP contribution is -2.00. The summed E-state index contributed by atoms with van der Waals surface area (Å²) in [6.45, 7) is 0. The zero-order valence-corrected chi connectivity index (χ0v) is 12.9. The first-order chi connectivity index (χ1) is 11.8. The second kappa shape index (κ2) is 7.19. The largest absolute Gasteiger partial charge is 0.382 e. The Morgan fingerprint density at radius 2 is 1.62 bits per heavy atom. The van der Waals surface area contributed by atoms with Crippen LogP contribution in [0, 0.1) is 0 Å². The summed E-state index contributed by atoms with van der Waals surface area (Å²) in [6, 6.07) is 23.0. The van der Waals surface area contributed by atoms with Crippen LogP contribution in [-0.2, 0) is 0 Å². The van der Waals surface area contributed by atoms with E-state index in [-0.39, 0.29) is 0 Å². The van der Waals surface area contributed by atoms with E-state index in [2.05, 4.69) is 22.2 Å². The topological polar surface area (TPSA) is 73.8 Å². The summed E-state index contributed by atoms with van der Waals surface area (Å²) in [5.74, 6) is 0.343. The molecule has 0 aliphatic rings. The fourth-order valence-corrected chi connectivity index (χ4v) is 2.29. The number of rotatable bonds is 2. The van der Waals surface area contributed by atoms with Crippen molar-refractivity contribution in [3.05, 3.63) is 84.7 Å². The van der Waals surface area contributed by atoms with Gasteiger partial charge in [-0.3, -0.25) is 9.78 Å². The Morgan fingerprint density at radius 3 is 2.38 bits per heavy atom. The molecule has 5 nitrogen and oxygen atoms in total. The lowest BCUT2D eigenvalue weighted by Gasteiger charge is -2.01. The minimum Gasteiger partial charge on any atom is -0.382 e. The van der Waals surface area contributed by atoms with Gasteiger partial charge in [0.1, 0.15) is 11.5 Å². The van der Waals surface area contributed by atoms with Gasteiger partial charge in [-0.05, 0) is 24.3 Å². The predicted octanol–water partition coefficient (Wildman–Crippen LogP) is 3.50. The van der Waals surface area contributed by atoms with Crippen molar-refractivity contribution in [2.45, 2.75) is 0 Å². The molecule has 0 aliphatic heterocycles. The Bertz CT molecular complexity index is 882. The Balaban J connectivity index is 0.000000149. The monoisotopic (exact) mass is 316 g/mol. The number of nitrogen functional groups attached to an aromatic ring is 1. The molecule has 0 saturated heterocycles. The van der Waals surface area contributed by atoms with Crippen molar-refractivity contribution < 1.29 is 4.79 Å². The third-order valence-corrected chi connectivity index (χ3v) is 3.39. The minimum absolute atomic E-state index is 0.343. The number of para-hydroxylation sites is 2. The van der Waals surface area contributed by atoms with Gasteiger partial charge in [0.05, 0.1) is 11.2 Å². The van der Waals surface area contributed by atoms with Crippen LogP contribution in [0.5, 0.6) is 0 Å². The fourth-order valence-electron chi connectivity index (χ4n) is 2.29. The van der Waals surface area contributed by atoms with E-state index < -0.39 is 0 Å². The molecule has 24 heavy (non-hydrogen) atoms. The Morgan fingerprint density at radius 1 is 0.917 bits per heavy atom. The van der Waals surface area contributed by atoms with Gasteiger partial charge in [0.25, 0.3) is 0 Å². The molecule has 0 amide bonds. The van der Waals surface area contributed by atoms with E-state index in [4.69, 9.17) is 5.73 Å². The molecular formula is C19H16N4O. The molecule has 4 rings (SSSR count). The molecule has 0 bridgehead atoms. The van der Waals surface area contributed by atoms with E-state index in [9.17, 15) is 4.79 Å². The SMILES string of the molecule is Nc1cc(C=O)n(-c2ccccc2)n1.c1ccc2ncccc2c1. The first-order valence-corrected chi connectivity index (χ1v) is 7.44. The van der Waals surface area contributed by atoms with Crippen molar-refractivity contribution in [1.29, 1.82) is 0 Å². The molecule has 118 valence electrons. The van der Waals surface area contributed by atoms with Crippen LogP contribution >= 0.6 is 0 Å². The molecule has 2 heterocycles. The highest BCUT2D eigenvalue weighted by molar-refractivity contribution is 5.77. The summed E-state index contributed by atoms with van der Waals surface area (Å²) in [6.07, 6.45) is 2.54. The number of anilines is 1. The van der Waals surface area contributed by atoms with Crippen LogP contribution in [0.15, 0.2) is 79.0 Å². The number of carbonyl (C=O) groups excluding carboxylic acids is 1. The quantitative estimate of drug-likeness (QED) is 0.574. The molecule has 0 unspecified atom stereocenters. The van der Waals surface area contributed by atoms with Crippen molar-refractivity contribution in [2.75, 3.05) is 5.73 Å². The third-order valence-electron chi connectivity index (χ3n) is 3.39. The van der Waals surface area contributed by atoms with Crippen LogP contribution in [0.2, 0.25) is 0 Å². The maximum Gasteiger partial charge on any atom is 0.168 e. The number of aldehydes is 1. The van der Waals surface area contributed by atoms with Crippen molar-refractivity contribution >= 4 is 23.0 Å². The van der Waals surface area contributed by atoms with Gasteiger partial charge in [0.2, 0.25) is 0 Å². The summed E-state index contributed by atoms with van der Waals surface area (Å²) in [4.78, 5) is 14.9. The first-order valence-electron chi connectivity index (χ1n) is 7.44. The van der Waals surface area contributed by atoms with Gasteiger partial charge < -0.3 is 5.73 Å². The van der Waals surface area contributed by atoms with E-state index in [0.29, 0.717) is 11.5 Å². The molecule has 2 aromatic carbocycles. The lowest BCUT2D eigenvalue weighted by molar-refractivity contribution is 0.111. The summed E-state index contributed by atoms with van der Waals surface area (Å²) >= 11 is 0. The molecule has 4 aromatic rings. The lowest BCUT2D eigenvalue weighted by atomic mass is 10.2. The maximum atomic E-state index is 10.7. The number of fused-ring (bicyclic) bond motifs is 1. The van der Waals surface area contributed by atoms with E-state index in [1.165, 1.54) is 10.1 Å². The molecule has 0 spiro atoms. The van der Waals surface area contributed by atoms with Gasteiger partial charge >= 0.3 is 0 Å². The average molecular weight is 316 g/mol. The zero-order valence-electron chi connectivity index (χ0n) is 12.9. The second-order valence-electron chi connectivity index (χ2n) is 5.06. The van der Waals surface area contributed by atoms with Crippen molar-refractivity contribution in [2.24, 2.45) is 0 Å². The highest BCUT2D eigenvalue weighted by Gasteiger charge is 2.05. The smallest absolute Gasteiger partial charge is 0.168 e. The van der Waals surface area contributed by atoms with E-state index in [0.717, 1.165) is 17.5 Å². The van der Waals surface area contributed by atoms with Crippen LogP contribution in [0.4, 0.5) is 5.82 Å². The van der Waals surface area contributed by atoms with Gasteiger partial charge in [-0.25, -0.2) is 4.68 Å². The average Bonchev–Trinajstić information content (AvgIpc) is 3.04. The number of nitrogens with zero attached hydrogens (tertiary/aromatic N) is 3. The van der Waals surface area contributed by atoms with Gasteiger partial charge in [-0.2, -0.15) is 5.10 Å². The van der Waals surface area contributed by atoms with E-state index >= 15 is 0 Å². The molecule has 0 saturated carbocycles.